The van der Waals surface area contributed by atoms with Crippen LogP contribution in [0.25, 0.3) is 0 Å². The highest BCUT2D eigenvalue weighted by Crippen LogP contribution is 2.20. The van der Waals surface area contributed by atoms with Crippen molar-refractivity contribution in [2.75, 3.05) is 0 Å². The third kappa shape index (κ3) is 1.70. The Balaban J connectivity index is 2.45. The molecule has 2 heterocycles. The predicted octanol–water partition coefficient (Wildman–Crippen LogP) is 1.72. The molecule has 0 aliphatic rings. The molecule has 0 bridgehead atoms. The normalized spacial score (nSPS) is 10.6. The number of aromatic nitrogens is 3. The second-order valence-corrected chi connectivity index (χ2v) is 4.52. The number of hydrogen-bond acceptors (Lipinski definition) is 4. The summed E-state index contributed by atoms with van der Waals surface area (Å²) in [5, 5.41) is 4.89. The maximum Gasteiger partial charge on any atom is 0.222 e. The molecular weight excluding hydrogens is 210 g/mol. The first kappa shape index (κ1) is 10.0. The first-order chi connectivity index (χ1) is 7.09. The minimum absolute atomic E-state index is 0.00176. The van der Waals surface area contributed by atoms with Gasteiger partial charge in [-0.15, -0.1) is 11.3 Å². The van der Waals surface area contributed by atoms with Gasteiger partial charge >= 0.3 is 0 Å². The molecule has 0 fully saturated rings. The van der Waals surface area contributed by atoms with E-state index >= 15 is 0 Å². The molecule has 0 saturated heterocycles. The van der Waals surface area contributed by atoms with Gasteiger partial charge in [-0.05, 0) is 19.9 Å². The molecular formula is C10H11N3OS. The van der Waals surface area contributed by atoms with Crippen molar-refractivity contribution in [2.24, 2.45) is 7.05 Å². The van der Waals surface area contributed by atoms with Crippen LogP contribution in [0.1, 0.15) is 26.1 Å². The molecule has 15 heavy (non-hydrogen) atoms. The van der Waals surface area contributed by atoms with Crippen molar-refractivity contribution in [3.8, 4) is 0 Å². The van der Waals surface area contributed by atoms with Gasteiger partial charge in [0.15, 0.2) is 0 Å². The fraction of sp³-hybridized carbons (Fsp3) is 0.300. The molecule has 0 spiro atoms. The lowest BCUT2D eigenvalue weighted by Gasteiger charge is -1.98. The Kier molecular flexibility index (Phi) is 2.40. The van der Waals surface area contributed by atoms with E-state index in [-0.39, 0.29) is 5.78 Å². The molecule has 0 radical (unpaired) electrons. The van der Waals surface area contributed by atoms with Gasteiger partial charge in [0.2, 0.25) is 5.78 Å². The fourth-order valence-electron chi connectivity index (χ4n) is 1.45. The second kappa shape index (κ2) is 3.58. The zero-order valence-electron chi connectivity index (χ0n) is 8.81. The Morgan fingerprint density at radius 3 is 2.67 bits per heavy atom. The minimum atomic E-state index is -0.00176. The van der Waals surface area contributed by atoms with Crippen molar-refractivity contribution >= 4 is 17.1 Å². The summed E-state index contributed by atoms with van der Waals surface area (Å²) in [4.78, 5) is 17.0. The van der Waals surface area contributed by atoms with Crippen molar-refractivity contribution in [1.29, 1.82) is 0 Å². The van der Waals surface area contributed by atoms with Gasteiger partial charge in [-0.3, -0.25) is 9.48 Å². The Labute approximate surface area is 91.6 Å². The van der Waals surface area contributed by atoms with E-state index in [1.165, 1.54) is 11.3 Å². The maximum absolute atomic E-state index is 12.1. The molecule has 0 atom stereocenters. The molecule has 4 nitrogen and oxygen atoms in total. The molecule has 2 rings (SSSR count). The third-order valence-electron chi connectivity index (χ3n) is 2.16. The van der Waals surface area contributed by atoms with Crippen molar-refractivity contribution in [3.63, 3.8) is 0 Å². The van der Waals surface area contributed by atoms with Gasteiger partial charge in [0, 0.05) is 13.2 Å². The van der Waals surface area contributed by atoms with E-state index in [1.54, 1.807) is 24.0 Å². The number of thiazole rings is 1. The quantitative estimate of drug-likeness (QED) is 0.725. The predicted molar refractivity (Wildman–Crippen MR) is 58.2 cm³/mol. The Hall–Kier alpha value is -1.49. The lowest BCUT2D eigenvalue weighted by molar-refractivity contribution is 0.103. The van der Waals surface area contributed by atoms with Crippen LogP contribution in [-0.4, -0.2) is 20.5 Å². The summed E-state index contributed by atoms with van der Waals surface area (Å²) in [5.41, 5.74) is 1.39. The molecule has 0 N–H and O–H groups in total. The van der Waals surface area contributed by atoms with Crippen molar-refractivity contribution < 1.29 is 4.79 Å². The van der Waals surface area contributed by atoms with Gasteiger partial charge in [0.1, 0.15) is 5.69 Å². The van der Waals surface area contributed by atoms with Gasteiger partial charge in [-0.1, -0.05) is 0 Å². The zero-order valence-corrected chi connectivity index (χ0v) is 9.63. The second-order valence-electron chi connectivity index (χ2n) is 3.32. The topological polar surface area (TPSA) is 47.8 Å². The lowest BCUT2D eigenvalue weighted by Crippen LogP contribution is -2.07. The van der Waals surface area contributed by atoms with E-state index in [0.29, 0.717) is 10.6 Å². The summed E-state index contributed by atoms with van der Waals surface area (Å²) in [6.07, 6.45) is 1.62. The average molecular weight is 221 g/mol. The molecule has 0 saturated carbocycles. The fourth-order valence-corrected chi connectivity index (χ4v) is 2.32. The standard InChI is InChI=1S/C10H11N3OS/c1-6-10(15-7(2)12-6)9(14)8-4-5-11-13(8)3/h4-5H,1-3H3. The Morgan fingerprint density at radius 1 is 1.47 bits per heavy atom. The summed E-state index contributed by atoms with van der Waals surface area (Å²) in [5.74, 6) is -0.00176. The first-order valence-corrected chi connectivity index (χ1v) is 5.38. The molecule has 5 heteroatoms. The smallest absolute Gasteiger partial charge is 0.222 e. The number of ketones is 1. The lowest BCUT2D eigenvalue weighted by atomic mass is 10.2. The van der Waals surface area contributed by atoms with Crippen LogP contribution in [0.2, 0.25) is 0 Å². The molecule has 2 aromatic heterocycles. The Bertz CT molecular complexity index is 512. The number of hydrogen-bond donors (Lipinski definition) is 0. The largest absolute Gasteiger partial charge is 0.286 e. The highest BCUT2D eigenvalue weighted by atomic mass is 32.1. The van der Waals surface area contributed by atoms with Crippen LogP contribution in [0.4, 0.5) is 0 Å². The van der Waals surface area contributed by atoms with E-state index < -0.39 is 0 Å². The molecule has 0 aliphatic carbocycles. The Morgan fingerprint density at radius 2 is 2.20 bits per heavy atom. The van der Waals surface area contributed by atoms with Crippen LogP contribution in [-0.2, 0) is 7.05 Å². The summed E-state index contributed by atoms with van der Waals surface area (Å²) in [7, 11) is 1.76. The van der Waals surface area contributed by atoms with E-state index in [0.717, 1.165) is 10.7 Å². The molecule has 2 aromatic rings. The van der Waals surface area contributed by atoms with Crippen LogP contribution in [0, 0.1) is 13.8 Å². The molecule has 78 valence electrons. The first-order valence-electron chi connectivity index (χ1n) is 4.56. The summed E-state index contributed by atoms with van der Waals surface area (Å²) >= 11 is 1.43. The summed E-state index contributed by atoms with van der Waals surface area (Å²) in [6.45, 7) is 3.75. The highest BCUT2D eigenvalue weighted by Gasteiger charge is 2.18. The van der Waals surface area contributed by atoms with Crippen LogP contribution >= 0.6 is 11.3 Å². The number of aryl methyl sites for hydroxylation is 3. The summed E-state index contributed by atoms with van der Waals surface area (Å²) < 4.78 is 1.58. The molecule has 0 amide bonds. The number of carbonyl (C=O) groups excluding carboxylic acids is 1. The van der Waals surface area contributed by atoms with E-state index in [4.69, 9.17) is 0 Å². The van der Waals surface area contributed by atoms with Crippen molar-refractivity contribution in [2.45, 2.75) is 13.8 Å². The number of nitrogens with zero attached hydrogens (tertiary/aromatic N) is 3. The van der Waals surface area contributed by atoms with E-state index in [9.17, 15) is 4.79 Å². The van der Waals surface area contributed by atoms with E-state index in [1.807, 2.05) is 13.8 Å². The SMILES string of the molecule is Cc1nc(C)c(C(=O)c2ccnn2C)s1. The maximum atomic E-state index is 12.1. The third-order valence-corrected chi connectivity index (χ3v) is 3.23. The summed E-state index contributed by atoms with van der Waals surface area (Å²) in [6, 6.07) is 1.72. The highest BCUT2D eigenvalue weighted by molar-refractivity contribution is 7.13. The van der Waals surface area contributed by atoms with Gasteiger partial charge in [-0.25, -0.2) is 4.98 Å². The zero-order chi connectivity index (χ0) is 11.0. The molecule has 0 aromatic carbocycles. The van der Waals surface area contributed by atoms with Crippen LogP contribution in [0.5, 0.6) is 0 Å². The van der Waals surface area contributed by atoms with Crippen molar-refractivity contribution in [1.82, 2.24) is 14.8 Å². The van der Waals surface area contributed by atoms with Crippen molar-refractivity contribution in [3.05, 3.63) is 33.5 Å². The van der Waals surface area contributed by atoms with Gasteiger partial charge in [0.05, 0.1) is 15.6 Å². The van der Waals surface area contributed by atoms with E-state index in [2.05, 4.69) is 10.1 Å². The van der Waals surface area contributed by atoms with Crippen LogP contribution in [0.15, 0.2) is 12.3 Å². The molecule has 0 unspecified atom stereocenters. The molecule has 0 aliphatic heterocycles. The van der Waals surface area contributed by atoms with Gasteiger partial charge in [0.25, 0.3) is 0 Å². The number of rotatable bonds is 2. The van der Waals surface area contributed by atoms with Gasteiger partial charge in [-0.2, -0.15) is 5.10 Å². The monoisotopic (exact) mass is 221 g/mol. The number of carbonyl (C=O) groups is 1. The average Bonchev–Trinajstić information content (AvgIpc) is 2.71. The minimum Gasteiger partial charge on any atom is -0.286 e. The van der Waals surface area contributed by atoms with Crippen LogP contribution in [0.3, 0.4) is 0 Å². The van der Waals surface area contributed by atoms with Crippen LogP contribution < -0.4 is 0 Å². The van der Waals surface area contributed by atoms with Gasteiger partial charge < -0.3 is 0 Å².